The first-order chi connectivity index (χ1) is 11.5. The number of nitrogens with zero attached hydrogens (tertiary/aromatic N) is 1. The maximum atomic E-state index is 12.5. The van der Waals surface area contributed by atoms with Crippen LogP contribution >= 0.6 is 0 Å². The molecule has 1 N–H and O–H groups in total. The standard InChI is InChI=1S/C16H15F3N2O3S/c1-11(22)21(2)14-7-5-13(6-8-14)20-25(23,24)15-9-3-12(4-10-15)16(17,18)19/h3-10,20H,1-2H3. The fourth-order valence-electron chi connectivity index (χ4n) is 1.97. The van der Waals surface area contributed by atoms with E-state index in [2.05, 4.69) is 4.72 Å². The van der Waals surface area contributed by atoms with Crippen molar-refractivity contribution in [2.75, 3.05) is 16.7 Å². The van der Waals surface area contributed by atoms with E-state index in [0.29, 0.717) is 17.8 Å². The molecular weight excluding hydrogens is 357 g/mol. The van der Waals surface area contributed by atoms with E-state index in [-0.39, 0.29) is 16.5 Å². The number of rotatable bonds is 4. The third-order valence-electron chi connectivity index (χ3n) is 3.47. The van der Waals surface area contributed by atoms with E-state index in [1.54, 1.807) is 19.2 Å². The SMILES string of the molecule is CC(=O)N(C)c1ccc(NS(=O)(=O)c2ccc(C(F)(F)F)cc2)cc1. The van der Waals surface area contributed by atoms with Crippen molar-refractivity contribution in [3.63, 3.8) is 0 Å². The van der Waals surface area contributed by atoms with Gasteiger partial charge < -0.3 is 4.90 Å². The Morgan fingerprint density at radius 1 is 1.00 bits per heavy atom. The summed E-state index contributed by atoms with van der Waals surface area (Å²) in [5.41, 5.74) is -0.131. The first-order valence-electron chi connectivity index (χ1n) is 7.05. The second-order valence-corrected chi connectivity index (χ2v) is 6.93. The number of benzene rings is 2. The van der Waals surface area contributed by atoms with E-state index >= 15 is 0 Å². The van der Waals surface area contributed by atoms with Gasteiger partial charge in [0.25, 0.3) is 10.0 Å². The highest BCUT2D eigenvalue weighted by Gasteiger charge is 2.30. The third kappa shape index (κ3) is 4.50. The molecule has 9 heteroatoms. The summed E-state index contributed by atoms with van der Waals surface area (Å²) in [6.07, 6.45) is -4.53. The molecule has 5 nitrogen and oxygen atoms in total. The highest BCUT2D eigenvalue weighted by Crippen LogP contribution is 2.30. The fraction of sp³-hybridized carbons (Fsp3) is 0.188. The van der Waals surface area contributed by atoms with Gasteiger partial charge in [-0.1, -0.05) is 0 Å². The van der Waals surface area contributed by atoms with Crippen LogP contribution in [0.25, 0.3) is 0 Å². The zero-order valence-corrected chi connectivity index (χ0v) is 14.1. The van der Waals surface area contributed by atoms with E-state index in [9.17, 15) is 26.4 Å². The van der Waals surface area contributed by atoms with Crippen LogP contribution in [0.2, 0.25) is 0 Å². The van der Waals surface area contributed by atoms with Crippen molar-refractivity contribution in [2.45, 2.75) is 18.0 Å². The second kappa shape index (κ2) is 6.75. The summed E-state index contributed by atoms with van der Waals surface area (Å²) in [7, 11) is -2.45. The number of hydrogen-bond donors (Lipinski definition) is 1. The molecule has 2 aromatic rings. The van der Waals surface area contributed by atoms with Crippen LogP contribution in [0.3, 0.4) is 0 Å². The Bertz CT molecular complexity index is 861. The van der Waals surface area contributed by atoms with Crippen LogP contribution in [-0.2, 0) is 21.0 Å². The van der Waals surface area contributed by atoms with Gasteiger partial charge in [0, 0.05) is 25.3 Å². The lowest BCUT2D eigenvalue weighted by Crippen LogP contribution is -2.22. The summed E-state index contributed by atoms with van der Waals surface area (Å²) in [6, 6.07) is 9.20. The molecule has 0 bridgehead atoms. The molecule has 0 aliphatic heterocycles. The molecule has 2 rings (SSSR count). The maximum absolute atomic E-state index is 12.5. The van der Waals surface area contributed by atoms with Crippen molar-refractivity contribution in [1.82, 2.24) is 0 Å². The molecule has 0 saturated heterocycles. The molecule has 0 atom stereocenters. The minimum Gasteiger partial charge on any atom is -0.316 e. The predicted molar refractivity (Wildman–Crippen MR) is 87.8 cm³/mol. The number of hydrogen-bond acceptors (Lipinski definition) is 3. The Morgan fingerprint density at radius 2 is 1.52 bits per heavy atom. The van der Waals surface area contributed by atoms with E-state index in [0.717, 1.165) is 12.1 Å². The van der Waals surface area contributed by atoms with Gasteiger partial charge >= 0.3 is 6.18 Å². The van der Waals surface area contributed by atoms with E-state index in [1.165, 1.54) is 24.0 Å². The second-order valence-electron chi connectivity index (χ2n) is 5.25. The van der Waals surface area contributed by atoms with Crippen LogP contribution in [0.5, 0.6) is 0 Å². The van der Waals surface area contributed by atoms with Crippen molar-refractivity contribution < 1.29 is 26.4 Å². The molecule has 0 aromatic heterocycles. The number of anilines is 2. The molecule has 0 aliphatic carbocycles. The van der Waals surface area contributed by atoms with Gasteiger partial charge in [0.2, 0.25) is 5.91 Å². The van der Waals surface area contributed by atoms with E-state index in [4.69, 9.17) is 0 Å². The monoisotopic (exact) mass is 372 g/mol. The zero-order chi connectivity index (χ0) is 18.8. The first-order valence-corrected chi connectivity index (χ1v) is 8.53. The molecule has 25 heavy (non-hydrogen) atoms. The van der Waals surface area contributed by atoms with Crippen LogP contribution in [0, 0.1) is 0 Å². The molecule has 0 spiro atoms. The summed E-state index contributed by atoms with van der Waals surface area (Å²) in [4.78, 5) is 12.4. The highest BCUT2D eigenvalue weighted by molar-refractivity contribution is 7.92. The summed E-state index contributed by atoms with van der Waals surface area (Å²) < 4.78 is 64.3. The van der Waals surface area contributed by atoms with Crippen molar-refractivity contribution in [3.8, 4) is 0 Å². The van der Waals surface area contributed by atoms with Gasteiger partial charge in [0.05, 0.1) is 10.5 Å². The Hall–Kier alpha value is -2.55. The molecule has 0 heterocycles. The molecular formula is C16H15F3N2O3S. The quantitative estimate of drug-likeness (QED) is 0.893. The van der Waals surface area contributed by atoms with Crippen LogP contribution in [0.15, 0.2) is 53.4 Å². The van der Waals surface area contributed by atoms with Crippen LogP contribution in [0.1, 0.15) is 12.5 Å². The van der Waals surface area contributed by atoms with Crippen LogP contribution < -0.4 is 9.62 Å². The lowest BCUT2D eigenvalue weighted by atomic mass is 10.2. The van der Waals surface area contributed by atoms with Crippen LogP contribution in [-0.4, -0.2) is 21.4 Å². The van der Waals surface area contributed by atoms with Crippen LogP contribution in [0.4, 0.5) is 24.5 Å². The van der Waals surface area contributed by atoms with Gasteiger partial charge in [-0.2, -0.15) is 13.2 Å². The van der Waals surface area contributed by atoms with Gasteiger partial charge in [-0.25, -0.2) is 8.42 Å². The van der Waals surface area contributed by atoms with Gasteiger partial charge in [-0.3, -0.25) is 9.52 Å². The fourth-order valence-corrected chi connectivity index (χ4v) is 3.03. The summed E-state index contributed by atoms with van der Waals surface area (Å²) >= 11 is 0. The first kappa shape index (κ1) is 18.8. The van der Waals surface area contributed by atoms with Gasteiger partial charge in [-0.05, 0) is 48.5 Å². The van der Waals surface area contributed by atoms with Crippen molar-refractivity contribution in [3.05, 3.63) is 54.1 Å². The average molecular weight is 372 g/mol. The molecule has 134 valence electrons. The smallest absolute Gasteiger partial charge is 0.316 e. The molecule has 0 radical (unpaired) electrons. The minimum absolute atomic E-state index is 0.182. The average Bonchev–Trinajstić information content (AvgIpc) is 2.54. The number of carbonyl (C=O) groups excluding carboxylic acids is 1. The number of sulfonamides is 1. The van der Waals surface area contributed by atoms with Crippen molar-refractivity contribution in [2.24, 2.45) is 0 Å². The molecule has 1 amide bonds. The molecule has 0 saturated carbocycles. The number of carbonyl (C=O) groups is 1. The maximum Gasteiger partial charge on any atom is 0.416 e. The Morgan fingerprint density at radius 3 is 1.96 bits per heavy atom. The molecule has 0 unspecified atom stereocenters. The molecule has 0 aliphatic rings. The van der Waals surface area contributed by atoms with Gasteiger partial charge in [0.1, 0.15) is 0 Å². The number of halogens is 3. The molecule has 0 fully saturated rings. The number of nitrogens with one attached hydrogen (secondary N) is 1. The Kier molecular flexibility index (Phi) is 5.07. The summed E-state index contributed by atoms with van der Waals surface area (Å²) in [5, 5.41) is 0. The Balaban J connectivity index is 2.20. The van der Waals surface area contributed by atoms with Crippen molar-refractivity contribution >= 4 is 27.3 Å². The summed E-state index contributed by atoms with van der Waals surface area (Å²) in [6.45, 7) is 1.39. The highest BCUT2D eigenvalue weighted by atomic mass is 32.2. The van der Waals surface area contributed by atoms with Gasteiger partial charge in [0.15, 0.2) is 0 Å². The lowest BCUT2D eigenvalue weighted by Gasteiger charge is -2.15. The Labute approximate surface area is 143 Å². The third-order valence-corrected chi connectivity index (χ3v) is 4.87. The van der Waals surface area contributed by atoms with Crippen molar-refractivity contribution in [1.29, 1.82) is 0 Å². The largest absolute Gasteiger partial charge is 0.416 e. The number of amides is 1. The number of alkyl halides is 3. The lowest BCUT2D eigenvalue weighted by molar-refractivity contribution is -0.137. The topological polar surface area (TPSA) is 66.5 Å². The van der Waals surface area contributed by atoms with E-state index in [1.807, 2.05) is 0 Å². The predicted octanol–water partition coefficient (Wildman–Crippen LogP) is 3.49. The minimum atomic E-state index is -4.53. The van der Waals surface area contributed by atoms with Gasteiger partial charge in [-0.15, -0.1) is 0 Å². The normalized spacial score (nSPS) is 11.9. The van der Waals surface area contributed by atoms with E-state index < -0.39 is 21.8 Å². The summed E-state index contributed by atoms with van der Waals surface area (Å²) in [5.74, 6) is -0.182. The molecule has 2 aromatic carbocycles. The zero-order valence-electron chi connectivity index (χ0n) is 13.3.